The van der Waals surface area contributed by atoms with E-state index < -0.39 is 5.60 Å². The molecule has 3 aliphatic rings. The summed E-state index contributed by atoms with van der Waals surface area (Å²) in [5.74, 6) is -0.154. The molecule has 1 aromatic carbocycles. The zero-order valence-electron chi connectivity index (χ0n) is 20.7. The number of anilines is 1. The summed E-state index contributed by atoms with van der Waals surface area (Å²) in [7, 11) is 0. The molecule has 6 heteroatoms. The third-order valence-electron chi connectivity index (χ3n) is 8.14. The predicted octanol–water partition coefficient (Wildman–Crippen LogP) is 5.36. The van der Waals surface area contributed by atoms with Crippen LogP contribution in [-0.2, 0) is 10.3 Å². The smallest absolute Gasteiger partial charge is 0.291 e. The molecule has 3 N–H and O–H groups in total. The van der Waals surface area contributed by atoms with Crippen LogP contribution in [0.3, 0.4) is 0 Å². The van der Waals surface area contributed by atoms with E-state index in [0.29, 0.717) is 5.82 Å². The van der Waals surface area contributed by atoms with Crippen LogP contribution in [0, 0.1) is 24.2 Å². The van der Waals surface area contributed by atoms with Crippen LogP contribution in [0.25, 0.3) is 5.57 Å². The maximum Gasteiger partial charge on any atom is 0.291 e. The van der Waals surface area contributed by atoms with Crippen LogP contribution in [0.5, 0.6) is 0 Å². The zero-order chi connectivity index (χ0) is 24.3. The number of aryl methyl sites for hydroxylation is 1. The molecule has 2 aromatic rings. The van der Waals surface area contributed by atoms with Crippen LogP contribution in [-0.4, -0.2) is 33.2 Å². The molecule has 5 rings (SSSR count). The molecule has 5 atom stereocenters. The molecule has 1 amide bonds. The Hall–Kier alpha value is -2.70. The number of imidazole rings is 1. The summed E-state index contributed by atoms with van der Waals surface area (Å²) < 4.78 is 6.09. The summed E-state index contributed by atoms with van der Waals surface area (Å²) in [5.41, 5.74) is 3.89. The van der Waals surface area contributed by atoms with Gasteiger partial charge in [0.2, 0.25) is 0 Å². The molecule has 0 saturated carbocycles. The van der Waals surface area contributed by atoms with Gasteiger partial charge in [0.15, 0.2) is 5.82 Å². The number of hydrogen-bond donors (Lipinski definition) is 3. The highest BCUT2D eigenvalue weighted by Crippen LogP contribution is 2.50. The Labute approximate surface area is 201 Å². The Morgan fingerprint density at radius 3 is 2.50 bits per heavy atom. The van der Waals surface area contributed by atoms with E-state index in [4.69, 9.17) is 4.74 Å². The Morgan fingerprint density at radius 1 is 1.21 bits per heavy atom. The van der Waals surface area contributed by atoms with Crippen molar-refractivity contribution in [2.24, 2.45) is 17.3 Å². The second kappa shape index (κ2) is 8.21. The van der Waals surface area contributed by atoms with Gasteiger partial charge in [0.25, 0.3) is 5.91 Å². The highest BCUT2D eigenvalue weighted by molar-refractivity contribution is 6.03. The molecule has 6 nitrogen and oxygen atoms in total. The standard InChI is InChI=1S/C28H35N3O3/c1-16-15-29-25(30-16)26(32)31-22-7-6-20(14-21(22)19-10-12-27(4,5)13-11-19)28(33)17(2)23-8-9-24(34-23)18(28)3/h6-10,14-15,17-18,23-24,33H,11-13H2,1-5H3,(H,29,30)(H,31,32)/t17-,18+,23+,24?,28?/m0/s1. The van der Waals surface area contributed by atoms with Gasteiger partial charge < -0.3 is 20.1 Å². The maximum atomic E-state index is 12.9. The topological polar surface area (TPSA) is 87.2 Å². The Morgan fingerprint density at radius 2 is 1.91 bits per heavy atom. The zero-order valence-corrected chi connectivity index (χ0v) is 20.7. The average Bonchev–Trinajstić information content (AvgIpc) is 3.45. The molecule has 34 heavy (non-hydrogen) atoms. The van der Waals surface area contributed by atoms with Gasteiger partial charge in [-0.05, 0) is 54.9 Å². The molecule has 1 fully saturated rings. The summed E-state index contributed by atoms with van der Waals surface area (Å²) in [6, 6.07) is 5.98. The number of aromatic nitrogens is 2. The molecular formula is C28H35N3O3. The van der Waals surface area contributed by atoms with Crippen LogP contribution in [0.1, 0.15) is 74.4 Å². The number of carbonyl (C=O) groups excluding carboxylic acids is 1. The summed E-state index contributed by atoms with van der Waals surface area (Å²) in [4.78, 5) is 20.1. The molecular weight excluding hydrogens is 426 g/mol. The number of allylic oxidation sites excluding steroid dienone is 2. The lowest BCUT2D eigenvalue weighted by Gasteiger charge is -2.47. The molecule has 180 valence electrons. The van der Waals surface area contributed by atoms with Crippen molar-refractivity contribution in [2.75, 3.05) is 5.32 Å². The van der Waals surface area contributed by atoms with E-state index >= 15 is 0 Å². The summed E-state index contributed by atoms with van der Waals surface area (Å²) in [5, 5.41) is 15.1. The number of ether oxygens (including phenoxy) is 1. The average molecular weight is 462 g/mol. The number of hydrogen-bond acceptors (Lipinski definition) is 4. The van der Waals surface area contributed by atoms with Crippen LogP contribution in [0.2, 0.25) is 0 Å². The number of fused-ring (bicyclic) bond motifs is 2. The van der Waals surface area contributed by atoms with Gasteiger partial charge in [-0.15, -0.1) is 0 Å². The number of H-pyrrole nitrogens is 1. The highest BCUT2D eigenvalue weighted by atomic mass is 16.5. The number of carbonyl (C=O) groups is 1. The number of benzene rings is 1. The first-order chi connectivity index (χ1) is 16.1. The summed E-state index contributed by atoms with van der Waals surface area (Å²) in [6.07, 6.45) is 10.9. The normalized spacial score (nSPS) is 31.9. The largest absolute Gasteiger partial charge is 0.384 e. The number of nitrogens with one attached hydrogen (secondary N) is 2. The van der Waals surface area contributed by atoms with Crippen molar-refractivity contribution < 1.29 is 14.6 Å². The Kier molecular flexibility index (Phi) is 5.57. The SMILES string of the molecule is Cc1cnc(C(=O)Nc2ccc(C3(O)[C@H](C)C4C=C[C@@H](O4)[C@@H]3C)cc2C2=CCC(C)(C)CC2)[nH]1. The molecule has 0 radical (unpaired) electrons. The van der Waals surface area contributed by atoms with Gasteiger partial charge in [-0.3, -0.25) is 4.79 Å². The Balaban J connectivity index is 1.55. The molecule has 1 aromatic heterocycles. The van der Waals surface area contributed by atoms with Crippen LogP contribution < -0.4 is 5.32 Å². The first-order valence-electron chi connectivity index (χ1n) is 12.3. The summed E-state index contributed by atoms with van der Waals surface area (Å²) >= 11 is 0. The number of aromatic amines is 1. The van der Waals surface area contributed by atoms with E-state index in [1.54, 1.807) is 6.20 Å². The van der Waals surface area contributed by atoms with Crippen LogP contribution in [0.4, 0.5) is 5.69 Å². The number of amides is 1. The van der Waals surface area contributed by atoms with Crippen molar-refractivity contribution in [1.29, 1.82) is 0 Å². The molecule has 2 bridgehead atoms. The monoisotopic (exact) mass is 461 g/mol. The lowest BCUT2D eigenvalue weighted by Crippen LogP contribution is -2.53. The maximum absolute atomic E-state index is 12.9. The number of rotatable bonds is 4. The third-order valence-corrected chi connectivity index (χ3v) is 8.14. The van der Waals surface area contributed by atoms with Crippen LogP contribution >= 0.6 is 0 Å². The lowest BCUT2D eigenvalue weighted by molar-refractivity contribution is -0.187. The molecule has 2 aliphatic heterocycles. The minimum atomic E-state index is -1.03. The quantitative estimate of drug-likeness (QED) is 0.535. The number of nitrogens with zero attached hydrogens (tertiary/aromatic N) is 1. The fourth-order valence-electron chi connectivity index (χ4n) is 5.70. The van der Waals surface area contributed by atoms with Crippen molar-refractivity contribution in [1.82, 2.24) is 9.97 Å². The van der Waals surface area contributed by atoms with E-state index in [0.717, 1.165) is 41.8 Å². The third kappa shape index (κ3) is 3.83. The second-order valence-electron chi connectivity index (χ2n) is 11.1. The second-order valence-corrected chi connectivity index (χ2v) is 11.1. The van der Waals surface area contributed by atoms with Gasteiger partial charge in [0, 0.05) is 35.0 Å². The van der Waals surface area contributed by atoms with Gasteiger partial charge in [-0.1, -0.05) is 52.0 Å². The van der Waals surface area contributed by atoms with Gasteiger partial charge in [-0.2, -0.15) is 0 Å². The minimum absolute atomic E-state index is 0.0869. The predicted molar refractivity (Wildman–Crippen MR) is 133 cm³/mol. The van der Waals surface area contributed by atoms with E-state index in [9.17, 15) is 9.90 Å². The fourth-order valence-corrected chi connectivity index (χ4v) is 5.70. The van der Waals surface area contributed by atoms with Gasteiger partial charge >= 0.3 is 0 Å². The fraction of sp³-hybridized carbons (Fsp3) is 0.500. The lowest BCUT2D eigenvalue weighted by atomic mass is 9.68. The van der Waals surface area contributed by atoms with Gasteiger partial charge in [0.1, 0.15) is 5.60 Å². The van der Waals surface area contributed by atoms with Crippen LogP contribution in [0.15, 0.2) is 42.6 Å². The summed E-state index contributed by atoms with van der Waals surface area (Å²) in [6.45, 7) is 10.6. The van der Waals surface area contributed by atoms with Crippen molar-refractivity contribution in [2.45, 2.75) is 71.7 Å². The highest BCUT2D eigenvalue weighted by Gasteiger charge is 2.53. The first-order valence-corrected chi connectivity index (χ1v) is 12.3. The van der Waals surface area contributed by atoms with E-state index in [-0.39, 0.29) is 35.4 Å². The number of aliphatic hydroxyl groups is 1. The first kappa shape index (κ1) is 23.1. The minimum Gasteiger partial charge on any atom is -0.384 e. The van der Waals surface area contributed by atoms with Crippen molar-refractivity contribution >= 4 is 17.2 Å². The molecule has 0 spiro atoms. The molecule has 1 saturated heterocycles. The molecule has 2 unspecified atom stereocenters. The van der Waals surface area contributed by atoms with Crippen molar-refractivity contribution in [3.05, 3.63) is 65.3 Å². The van der Waals surface area contributed by atoms with E-state index in [2.05, 4.69) is 67.3 Å². The van der Waals surface area contributed by atoms with Crippen molar-refractivity contribution in [3.63, 3.8) is 0 Å². The molecule has 3 heterocycles. The van der Waals surface area contributed by atoms with Gasteiger partial charge in [-0.25, -0.2) is 4.98 Å². The van der Waals surface area contributed by atoms with E-state index in [1.165, 1.54) is 5.57 Å². The Bertz CT molecular complexity index is 1160. The van der Waals surface area contributed by atoms with Crippen molar-refractivity contribution in [3.8, 4) is 0 Å². The van der Waals surface area contributed by atoms with E-state index in [1.807, 2.05) is 19.1 Å². The molecule has 1 aliphatic carbocycles. The van der Waals surface area contributed by atoms with Gasteiger partial charge in [0.05, 0.1) is 12.2 Å².